The van der Waals surface area contributed by atoms with Crippen LogP contribution in [0.5, 0.6) is 0 Å². The van der Waals surface area contributed by atoms with Gasteiger partial charge in [-0.1, -0.05) is 17.7 Å². The van der Waals surface area contributed by atoms with Crippen molar-refractivity contribution in [3.05, 3.63) is 64.8 Å². The molecule has 3 amide bonds. The quantitative estimate of drug-likeness (QED) is 0.395. The highest BCUT2D eigenvalue weighted by Gasteiger charge is 2.40. The van der Waals surface area contributed by atoms with Gasteiger partial charge in [-0.05, 0) is 55.5 Å². The molecule has 1 unspecified atom stereocenters. The van der Waals surface area contributed by atoms with Gasteiger partial charge in [0.2, 0.25) is 11.8 Å². The standard InChI is InChI=1S/C24H25ClFN5O4/c1-13(22(32)28-11-17-9-16-10-27-5-4-20(16)30-17)29-23(33)21-8-15(12-31(21)24(34)35)6-14-2-3-19(26)18(25)7-14/h2-5,7,9-10,13,15,21,30H,6,8,11-12H2,1H3,(H,28,32)(H,29,33)(H,34,35)/t13?,15-,21+/m0/s1. The molecule has 0 aliphatic carbocycles. The van der Waals surface area contributed by atoms with Gasteiger partial charge >= 0.3 is 6.09 Å². The van der Waals surface area contributed by atoms with Crippen LogP contribution >= 0.6 is 11.6 Å². The average molecular weight is 502 g/mol. The molecule has 3 atom stereocenters. The fourth-order valence-corrected chi connectivity index (χ4v) is 4.57. The van der Waals surface area contributed by atoms with E-state index in [1.54, 1.807) is 25.4 Å². The molecule has 11 heteroatoms. The number of hydrogen-bond donors (Lipinski definition) is 4. The van der Waals surface area contributed by atoms with Crippen LogP contribution in [0.1, 0.15) is 24.6 Å². The minimum absolute atomic E-state index is 0.00571. The Morgan fingerprint density at radius 2 is 2.11 bits per heavy atom. The molecule has 0 saturated carbocycles. The molecule has 1 aliphatic rings. The maximum absolute atomic E-state index is 13.4. The van der Waals surface area contributed by atoms with Crippen LogP contribution in [-0.4, -0.2) is 56.5 Å². The summed E-state index contributed by atoms with van der Waals surface area (Å²) in [6, 6.07) is 6.28. The molecule has 0 radical (unpaired) electrons. The van der Waals surface area contributed by atoms with E-state index in [4.69, 9.17) is 11.6 Å². The molecule has 1 aliphatic heterocycles. The van der Waals surface area contributed by atoms with E-state index in [-0.39, 0.29) is 30.5 Å². The highest BCUT2D eigenvalue weighted by atomic mass is 35.5. The van der Waals surface area contributed by atoms with Crippen LogP contribution < -0.4 is 10.6 Å². The van der Waals surface area contributed by atoms with Gasteiger partial charge in [0.05, 0.1) is 11.6 Å². The van der Waals surface area contributed by atoms with Crippen molar-refractivity contribution in [2.45, 2.75) is 38.4 Å². The van der Waals surface area contributed by atoms with E-state index in [1.165, 1.54) is 12.1 Å². The molecule has 3 heterocycles. The van der Waals surface area contributed by atoms with Crippen LogP contribution in [0.3, 0.4) is 0 Å². The van der Waals surface area contributed by atoms with Gasteiger partial charge in [-0.25, -0.2) is 9.18 Å². The fraction of sp³-hybridized carbons (Fsp3) is 0.333. The lowest BCUT2D eigenvalue weighted by molar-refractivity contribution is -0.130. The molecular weight excluding hydrogens is 477 g/mol. The number of hydrogen-bond acceptors (Lipinski definition) is 4. The highest BCUT2D eigenvalue weighted by molar-refractivity contribution is 6.30. The fourth-order valence-electron chi connectivity index (χ4n) is 4.37. The summed E-state index contributed by atoms with van der Waals surface area (Å²) < 4.78 is 13.4. The molecule has 4 N–H and O–H groups in total. The van der Waals surface area contributed by atoms with Gasteiger partial charge in [-0.2, -0.15) is 0 Å². The lowest BCUT2D eigenvalue weighted by Gasteiger charge is -2.22. The normalized spacial score (nSPS) is 18.4. The maximum atomic E-state index is 13.4. The van der Waals surface area contributed by atoms with E-state index in [9.17, 15) is 23.9 Å². The van der Waals surface area contributed by atoms with E-state index >= 15 is 0 Å². The largest absolute Gasteiger partial charge is 0.465 e. The lowest BCUT2D eigenvalue weighted by Crippen LogP contribution is -2.51. The number of nitrogens with zero attached hydrogens (tertiary/aromatic N) is 2. The number of halogens is 2. The monoisotopic (exact) mass is 501 g/mol. The Kier molecular flexibility index (Phi) is 7.20. The number of likely N-dealkylation sites (tertiary alicyclic amines) is 1. The predicted octanol–water partition coefficient (Wildman–Crippen LogP) is 3.09. The number of H-pyrrole nitrogens is 1. The van der Waals surface area contributed by atoms with Crippen LogP contribution in [0.25, 0.3) is 10.9 Å². The summed E-state index contributed by atoms with van der Waals surface area (Å²) in [5, 5.41) is 15.9. The summed E-state index contributed by atoms with van der Waals surface area (Å²) >= 11 is 5.84. The van der Waals surface area contributed by atoms with E-state index in [1.807, 2.05) is 12.1 Å². The van der Waals surface area contributed by atoms with Gasteiger partial charge < -0.3 is 20.7 Å². The summed E-state index contributed by atoms with van der Waals surface area (Å²) in [5.41, 5.74) is 2.45. The number of fused-ring (bicyclic) bond motifs is 1. The van der Waals surface area contributed by atoms with Crippen molar-refractivity contribution < 1.29 is 23.9 Å². The number of benzene rings is 1. The smallest absolute Gasteiger partial charge is 0.407 e. The summed E-state index contributed by atoms with van der Waals surface area (Å²) in [6.45, 7) is 1.93. The van der Waals surface area contributed by atoms with Crippen molar-refractivity contribution >= 4 is 40.4 Å². The number of pyridine rings is 1. The molecule has 1 aromatic carbocycles. The molecule has 4 rings (SSSR count). The van der Waals surface area contributed by atoms with Crippen molar-refractivity contribution in [1.29, 1.82) is 0 Å². The Bertz CT molecular complexity index is 1230. The number of carbonyl (C=O) groups excluding carboxylic acids is 2. The van der Waals surface area contributed by atoms with E-state index < -0.39 is 35.8 Å². The first-order valence-corrected chi connectivity index (χ1v) is 11.5. The molecule has 1 saturated heterocycles. The van der Waals surface area contributed by atoms with E-state index in [2.05, 4.69) is 20.6 Å². The third kappa shape index (κ3) is 5.71. The first-order chi connectivity index (χ1) is 16.7. The first kappa shape index (κ1) is 24.5. The minimum atomic E-state index is -1.21. The molecular formula is C24H25ClFN5O4. The number of aromatic nitrogens is 2. The van der Waals surface area contributed by atoms with E-state index in [0.29, 0.717) is 6.42 Å². The summed E-state index contributed by atoms with van der Waals surface area (Å²) in [6.07, 6.45) is 2.90. The lowest BCUT2D eigenvalue weighted by atomic mass is 9.96. The van der Waals surface area contributed by atoms with Gasteiger partial charge in [0.25, 0.3) is 0 Å². The SMILES string of the molecule is CC(NC(=O)[C@H]1C[C@H](Cc2ccc(F)c(Cl)c2)CN1C(=O)O)C(=O)NCc1cc2cnccc2[nH]1. The second-order valence-electron chi connectivity index (χ2n) is 8.71. The number of nitrogens with one attached hydrogen (secondary N) is 3. The molecule has 0 spiro atoms. The van der Waals surface area contributed by atoms with Crippen LogP contribution in [-0.2, 0) is 22.6 Å². The van der Waals surface area contributed by atoms with Gasteiger partial charge in [-0.15, -0.1) is 0 Å². The number of aromatic amines is 1. The van der Waals surface area contributed by atoms with Crippen molar-refractivity contribution in [3.8, 4) is 0 Å². The van der Waals surface area contributed by atoms with Crippen molar-refractivity contribution in [3.63, 3.8) is 0 Å². The van der Waals surface area contributed by atoms with E-state index in [0.717, 1.165) is 27.1 Å². The summed E-state index contributed by atoms with van der Waals surface area (Å²) in [4.78, 5) is 45.5. The summed E-state index contributed by atoms with van der Waals surface area (Å²) in [7, 11) is 0. The molecule has 35 heavy (non-hydrogen) atoms. The van der Waals surface area contributed by atoms with Gasteiger partial charge in [0.1, 0.15) is 17.9 Å². The molecule has 184 valence electrons. The number of rotatable bonds is 7. The van der Waals surface area contributed by atoms with Crippen LogP contribution in [0.4, 0.5) is 9.18 Å². The third-order valence-corrected chi connectivity index (χ3v) is 6.42. The molecule has 1 fully saturated rings. The van der Waals surface area contributed by atoms with Crippen LogP contribution in [0.15, 0.2) is 42.7 Å². The third-order valence-electron chi connectivity index (χ3n) is 6.13. The Balaban J connectivity index is 1.33. The van der Waals surface area contributed by atoms with Crippen LogP contribution in [0.2, 0.25) is 5.02 Å². The maximum Gasteiger partial charge on any atom is 0.407 e. The zero-order valence-corrected chi connectivity index (χ0v) is 19.7. The molecule has 0 bridgehead atoms. The highest BCUT2D eigenvalue weighted by Crippen LogP contribution is 2.28. The Morgan fingerprint density at radius 1 is 1.31 bits per heavy atom. The molecule has 3 aromatic rings. The summed E-state index contributed by atoms with van der Waals surface area (Å²) in [5.74, 6) is -1.61. The van der Waals surface area contributed by atoms with Gasteiger partial charge in [0.15, 0.2) is 0 Å². The second-order valence-corrected chi connectivity index (χ2v) is 9.12. The van der Waals surface area contributed by atoms with Crippen molar-refractivity contribution in [2.75, 3.05) is 6.54 Å². The number of carboxylic acid groups (broad SMARTS) is 1. The Labute approximate surface area is 205 Å². The van der Waals surface area contributed by atoms with Crippen molar-refractivity contribution in [1.82, 2.24) is 25.5 Å². The predicted molar refractivity (Wildman–Crippen MR) is 127 cm³/mol. The number of carbonyl (C=O) groups is 3. The first-order valence-electron chi connectivity index (χ1n) is 11.1. The zero-order valence-electron chi connectivity index (χ0n) is 18.9. The van der Waals surface area contributed by atoms with Gasteiger partial charge in [-0.3, -0.25) is 19.5 Å². The topological polar surface area (TPSA) is 127 Å². The Morgan fingerprint density at radius 3 is 2.83 bits per heavy atom. The molecule has 2 aromatic heterocycles. The average Bonchev–Trinajstić information content (AvgIpc) is 3.44. The minimum Gasteiger partial charge on any atom is -0.465 e. The van der Waals surface area contributed by atoms with Crippen LogP contribution in [0, 0.1) is 11.7 Å². The zero-order chi connectivity index (χ0) is 25.1. The second kappa shape index (κ2) is 10.3. The molecule has 9 nitrogen and oxygen atoms in total. The Hall–Kier alpha value is -3.66. The van der Waals surface area contributed by atoms with Gasteiger partial charge in [0, 0.05) is 35.5 Å². The van der Waals surface area contributed by atoms with Crippen molar-refractivity contribution in [2.24, 2.45) is 5.92 Å². The number of amides is 3.